The Bertz CT molecular complexity index is 776. The molecule has 110 valence electrons. The number of benzene rings is 2. The van der Waals surface area contributed by atoms with Crippen molar-refractivity contribution in [3.63, 3.8) is 0 Å². The predicted octanol–water partition coefficient (Wildman–Crippen LogP) is 2.72. The summed E-state index contributed by atoms with van der Waals surface area (Å²) in [6.45, 7) is 2.38. The van der Waals surface area contributed by atoms with Crippen LogP contribution >= 0.6 is 0 Å². The van der Waals surface area contributed by atoms with Gasteiger partial charge in [0.25, 0.3) is 0 Å². The Hall–Kier alpha value is -2.46. The molecule has 2 aromatic rings. The Balaban J connectivity index is 1.63. The summed E-state index contributed by atoms with van der Waals surface area (Å²) in [6, 6.07) is 13.1. The molecule has 1 heterocycles. The topological polar surface area (TPSA) is 55.9 Å². The van der Waals surface area contributed by atoms with E-state index in [0.717, 1.165) is 5.56 Å². The Morgan fingerprint density at radius 2 is 1.73 bits per heavy atom. The molecule has 0 radical (unpaired) electrons. The summed E-state index contributed by atoms with van der Waals surface area (Å²) in [6.07, 6.45) is -1.18. The van der Waals surface area contributed by atoms with Crippen LogP contribution in [0.5, 0.6) is 5.75 Å². The van der Waals surface area contributed by atoms with Crippen molar-refractivity contribution in [3.05, 3.63) is 64.7 Å². The van der Waals surface area contributed by atoms with Gasteiger partial charge in [0.2, 0.25) is 0 Å². The van der Waals surface area contributed by atoms with Crippen molar-refractivity contribution in [1.82, 2.24) is 0 Å². The highest BCUT2D eigenvalue weighted by molar-refractivity contribution is 6.21. The molecule has 0 aromatic heterocycles. The fraction of sp³-hybridized carbons (Fsp3) is 0.222. The van der Waals surface area contributed by atoms with Gasteiger partial charge in [-0.25, -0.2) is 0 Å². The zero-order chi connectivity index (χ0) is 15.3. The molecule has 4 heteroatoms. The van der Waals surface area contributed by atoms with E-state index >= 15 is 0 Å². The molecule has 2 atom stereocenters. The molecular formula is C18H14O4. The van der Waals surface area contributed by atoms with Crippen LogP contribution in [0, 0.1) is 6.92 Å². The Labute approximate surface area is 127 Å². The van der Waals surface area contributed by atoms with Gasteiger partial charge in [0.15, 0.2) is 23.8 Å². The summed E-state index contributed by atoms with van der Waals surface area (Å²) in [5.41, 5.74) is 2.96. The van der Waals surface area contributed by atoms with E-state index in [1.807, 2.05) is 31.2 Å². The molecular weight excluding hydrogens is 280 g/mol. The third kappa shape index (κ3) is 2.04. The van der Waals surface area contributed by atoms with E-state index in [1.54, 1.807) is 18.2 Å². The van der Waals surface area contributed by atoms with Gasteiger partial charge in [-0.15, -0.1) is 0 Å². The fourth-order valence-electron chi connectivity index (χ4n) is 2.76. The lowest BCUT2D eigenvalue weighted by molar-refractivity contribution is 0.0918. The van der Waals surface area contributed by atoms with Crippen LogP contribution in [0.25, 0.3) is 0 Å². The summed E-state index contributed by atoms with van der Waals surface area (Å²) in [4.78, 5) is 24.5. The van der Waals surface area contributed by atoms with Crippen molar-refractivity contribution >= 4 is 11.6 Å². The van der Waals surface area contributed by atoms with E-state index in [0.29, 0.717) is 23.5 Å². The lowest BCUT2D eigenvalue weighted by Gasteiger charge is -2.15. The molecule has 4 rings (SSSR count). The van der Waals surface area contributed by atoms with Gasteiger partial charge in [0.1, 0.15) is 12.4 Å². The van der Waals surface area contributed by atoms with Gasteiger partial charge in [-0.05, 0) is 18.6 Å². The number of epoxide rings is 1. The number of Topliss-reactive ketones (excluding diaryl/α,β-unsaturated/α-hetero) is 2. The quantitative estimate of drug-likeness (QED) is 0.817. The number of hydrogen-bond donors (Lipinski definition) is 0. The number of aryl methyl sites for hydroxylation is 1. The SMILES string of the molecule is Cc1ccc(COc2cccc3c2C(=O)[C@@H]2O[C@@H]2C3=O)cc1. The van der Waals surface area contributed by atoms with Gasteiger partial charge >= 0.3 is 0 Å². The largest absolute Gasteiger partial charge is 0.488 e. The van der Waals surface area contributed by atoms with E-state index in [9.17, 15) is 9.59 Å². The lowest BCUT2D eigenvalue weighted by Crippen LogP contribution is -2.26. The third-order valence-corrected chi connectivity index (χ3v) is 4.06. The van der Waals surface area contributed by atoms with Gasteiger partial charge in [-0.2, -0.15) is 0 Å². The molecule has 2 aromatic carbocycles. The smallest absolute Gasteiger partial charge is 0.199 e. The molecule has 0 saturated carbocycles. The average molecular weight is 294 g/mol. The normalized spacial score (nSPS) is 22.0. The van der Waals surface area contributed by atoms with Gasteiger partial charge in [-0.3, -0.25) is 9.59 Å². The average Bonchev–Trinajstić information content (AvgIpc) is 3.33. The molecule has 1 aliphatic carbocycles. The highest BCUT2D eigenvalue weighted by atomic mass is 16.6. The molecule has 22 heavy (non-hydrogen) atoms. The monoisotopic (exact) mass is 294 g/mol. The second-order valence-corrected chi connectivity index (χ2v) is 5.66. The first-order valence-electron chi connectivity index (χ1n) is 7.20. The summed E-state index contributed by atoms with van der Waals surface area (Å²) in [5, 5.41) is 0. The molecule has 0 unspecified atom stereocenters. The van der Waals surface area contributed by atoms with Crippen LogP contribution in [0.15, 0.2) is 42.5 Å². The maximum Gasteiger partial charge on any atom is 0.199 e. The predicted molar refractivity (Wildman–Crippen MR) is 79.3 cm³/mol. The Kier molecular flexibility index (Phi) is 2.87. The zero-order valence-corrected chi connectivity index (χ0v) is 12.0. The van der Waals surface area contributed by atoms with Crippen LogP contribution in [0.1, 0.15) is 31.8 Å². The lowest BCUT2D eigenvalue weighted by atomic mass is 9.89. The fourth-order valence-corrected chi connectivity index (χ4v) is 2.76. The van der Waals surface area contributed by atoms with Crippen LogP contribution < -0.4 is 4.74 Å². The number of ketones is 2. The van der Waals surface area contributed by atoms with Crippen LogP contribution in [0.4, 0.5) is 0 Å². The highest BCUT2D eigenvalue weighted by Crippen LogP contribution is 2.39. The van der Waals surface area contributed by atoms with Crippen molar-refractivity contribution < 1.29 is 19.1 Å². The molecule has 0 N–H and O–H groups in total. The molecule has 1 fully saturated rings. The minimum atomic E-state index is -0.607. The van der Waals surface area contributed by atoms with E-state index in [-0.39, 0.29) is 11.6 Å². The molecule has 0 bridgehead atoms. The summed E-state index contributed by atoms with van der Waals surface area (Å²) < 4.78 is 10.9. The Morgan fingerprint density at radius 1 is 1.00 bits per heavy atom. The number of hydrogen-bond acceptors (Lipinski definition) is 4. The van der Waals surface area contributed by atoms with Crippen molar-refractivity contribution in [2.45, 2.75) is 25.7 Å². The third-order valence-electron chi connectivity index (χ3n) is 4.06. The van der Waals surface area contributed by atoms with Gasteiger partial charge in [-0.1, -0.05) is 42.0 Å². The van der Waals surface area contributed by atoms with E-state index in [2.05, 4.69) is 0 Å². The number of fused-ring (bicyclic) bond motifs is 2. The zero-order valence-electron chi connectivity index (χ0n) is 12.0. The second-order valence-electron chi connectivity index (χ2n) is 5.66. The molecule has 2 aliphatic rings. The van der Waals surface area contributed by atoms with Crippen molar-refractivity contribution in [2.24, 2.45) is 0 Å². The number of carbonyl (C=O) groups excluding carboxylic acids is 2. The number of rotatable bonds is 3. The van der Waals surface area contributed by atoms with Gasteiger partial charge < -0.3 is 9.47 Å². The van der Waals surface area contributed by atoms with Crippen molar-refractivity contribution in [1.29, 1.82) is 0 Å². The molecule has 4 nitrogen and oxygen atoms in total. The molecule has 0 amide bonds. The summed E-state index contributed by atoms with van der Waals surface area (Å²) in [7, 11) is 0. The maximum absolute atomic E-state index is 12.3. The molecule has 1 aliphatic heterocycles. The van der Waals surface area contributed by atoms with Gasteiger partial charge in [0.05, 0.1) is 5.56 Å². The van der Waals surface area contributed by atoms with Crippen molar-refractivity contribution in [3.8, 4) is 5.75 Å². The van der Waals surface area contributed by atoms with Crippen molar-refractivity contribution in [2.75, 3.05) is 0 Å². The first-order chi connectivity index (χ1) is 10.6. The first kappa shape index (κ1) is 13.2. The molecule has 0 spiro atoms. The van der Waals surface area contributed by atoms with Crippen LogP contribution in [-0.2, 0) is 11.3 Å². The van der Waals surface area contributed by atoms with Gasteiger partial charge in [0, 0.05) is 5.56 Å². The summed E-state index contributed by atoms with van der Waals surface area (Å²) >= 11 is 0. The minimum absolute atomic E-state index is 0.125. The minimum Gasteiger partial charge on any atom is -0.488 e. The number of ether oxygens (including phenoxy) is 2. The maximum atomic E-state index is 12.3. The second kappa shape index (κ2) is 4.78. The molecule has 1 saturated heterocycles. The van der Waals surface area contributed by atoms with E-state index < -0.39 is 12.2 Å². The summed E-state index contributed by atoms with van der Waals surface area (Å²) in [5.74, 6) is 0.171. The van der Waals surface area contributed by atoms with Crippen LogP contribution in [-0.4, -0.2) is 23.8 Å². The number of carbonyl (C=O) groups is 2. The highest BCUT2D eigenvalue weighted by Gasteiger charge is 2.55. The standard InChI is InChI=1S/C18H14O4/c1-10-5-7-11(8-6-10)9-21-13-4-2-3-12-14(13)16(20)18-17(22-18)15(12)19/h2-8,17-18H,9H2,1H3/t17-,18+/m1/s1. The first-order valence-corrected chi connectivity index (χ1v) is 7.20. The van der Waals surface area contributed by atoms with Crippen LogP contribution in [0.3, 0.4) is 0 Å². The Morgan fingerprint density at radius 3 is 2.50 bits per heavy atom. The van der Waals surface area contributed by atoms with E-state index in [1.165, 1.54) is 5.56 Å². The van der Waals surface area contributed by atoms with E-state index in [4.69, 9.17) is 9.47 Å². The van der Waals surface area contributed by atoms with Crippen LogP contribution in [0.2, 0.25) is 0 Å².